The van der Waals surface area contributed by atoms with Crippen molar-refractivity contribution >= 4 is 0 Å². The van der Waals surface area contributed by atoms with Crippen LogP contribution in [0.4, 0.5) is 39.5 Å². The molecule has 0 radical (unpaired) electrons. The molecule has 0 aromatic carbocycles. The predicted molar refractivity (Wildman–Crippen MR) is 29.5 cm³/mol. The Hall–Kier alpha value is -0.930. The maximum Gasteiger partial charge on any atom is 0.448 e. The normalized spacial score (nSPS) is 11.6. The Labute approximate surface area is 76.8 Å². The summed E-state index contributed by atoms with van der Waals surface area (Å²) >= 11 is 0. The van der Waals surface area contributed by atoms with Gasteiger partial charge >= 0.3 is 18.4 Å². The zero-order valence-electron chi connectivity index (χ0n) is 6.56. The monoisotopic (exact) mass is 250 g/mol. The van der Waals surface area contributed by atoms with Gasteiger partial charge in [-0.1, -0.05) is 0 Å². The van der Waals surface area contributed by atoms with Gasteiger partial charge in [0.1, 0.15) is 6.61 Å². The van der Waals surface area contributed by atoms with Crippen LogP contribution in [0.15, 0.2) is 11.9 Å². The summed E-state index contributed by atoms with van der Waals surface area (Å²) in [5.74, 6) is -3.33. The highest BCUT2D eigenvalue weighted by Gasteiger charge is 2.38. The van der Waals surface area contributed by atoms with Crippen LogP contribution in [0.3, 0.4) is 0 Å². The number of aliphatic hydroxyl groups excluding tert-OH is 1. The van der Waals surface area contributed by atoms with Gasteiger partial charge in [-0.3, -0.25) is 0 Å². The summed E-state index contributed by atoms with van der Waals surface area (Å²) in [7, 11) is 0. The summed E-state index contributed by atoms with van der Waals surface area (Å²) in [6, 6.07) is 0. The maximum absolute atomic E-state index is 11.0. The third-order valence-electron chi connectivity index (χ3n) is 0.594. The second kappa shape index (κ2) is 5.83. The smallest absolute Gasteiger partial charge is 0.387 e. The van der Waals surface area contributed by atoms with Gasteiger partial charge in [0.2, 0.25) is 0 Å². The Kier molecular flexibility index (Phi) is 6.41. The molecular weight excluding hydrogens is 247 g/mol. The second-order valence-electron chi connectivity index (χ2n) is 1.85. The average Bonchev–Trinajstić information content (AvgIpc) is 2.01. The molecule has 0 aromatic rings. The zero-order chi connectivity index (χ0) is 12.9. The molecule has 1 nitrogen and oxygen atoms in total. The molecule has 1 N–H and O–H groups in total. The van der Waals surface area contributed by atoms with E-state index >= 15 is 0 Å². The fraction of sp³-hybridized carbons (Fsp3) is 0.600. The molecule has 0 fully saturated rings. The Morgan fingerprint density at radius 1 is 0.867 bits per heavy atom. The van der Waals surface area contributed by atoms with Crippen LogP contribution in [0, 0.1) is 0 Å². The number of hydrogen-bond acceptors (Lipinski definition) is 1. The lowest BCUT2D eigenvalue weighted by Gasteiger charge is -1.98. The van der Waals surface area contributed by atoms with Crippen molar-refractivity contribution in [1.29, 1.82) is 0 Å². The van der Waals surface area contributed by atoms with Gasteiger partial charge in [0.05, 0.1) is 0 Å². The van der Waals surface area contributed by atoms with E-state index in [-0.39, 0.29) is 0 Å². The van der Waals surface area contributed by atoms with Gasteiger partial charge in [0, 0.05) is 0 Å². The Bertz CT molecular complexity index is 208. The summed E-state index contributed by atoms with van der Waals surface area (Å²) in [4.78, 5) is 0. The van der Waals surface area contributed by atoms with Crippen LogP contribution < -0.4 is 0 Å². The lowest BCUT2D eigenvalue weighted by Crippen LogP contribution is -2.12. The molecule has 0 bridgehead atoms. The van der Waals surface area contributed by atoms with E-state index in [1.807, 2.05) is 0 Å². The van der Waals surface area contributed by atoms with E-state index in [9.17, 15) is 39.5 Å². The van der Waals surface area contributed by atoms with Crippen LogP contribution in [-0.2, 0) is 0 Å². The molecule has 0 aromatic heterocycles. The standard InChI is InChI=1S/C3F6.C2H3F3O/c4-1(2(5)6)3(7,8)9;3-2(4,5)1-6/h;6H,1H2. The summed E-state index contributed by atoms with van der Waals surface area (Å²) in [5.41, 5.74) is 0. The van der Waals surface area contributed by atoms with Crippen molar-refractivity contribution < 1.29 is 44.6 Å². The van der Waals surface area contributed by atoms with Crippen LogP contribution >= 0.6 is 0 Å². The molecule has 0 aliphatic carbocycles. The summed E-state index contributed by atoms with van der Waals surface area (Å²) in [6.45, 7) is -1.73. The lowest BCUT2D eigenvalue weighted by molar-refractivity contribution is -0.159. The molecule has 0 unspecified atom stereocenters. The molecule has 0 saturated carbocycles. The van der Waals surface area contributed by atoms with Crippen molar-refractivity contribution in [2.45, 2.75) is 12.4 Å². The van der Waals surface area contributed by atoms with Gasteiger partial charge in [-0.05, 0) is 0 Å². The Morgan fingerprint density at radius 3 is 1.13 bits per heavy atom. The number of allylic oxidation sites excluding steroid dienone is 1. The fourth-order valence-corrected chi connectivity index (χ4v) is 0.107. The van der Waals surface area contributed by atoms with E-state index in [2.05, 4.69) is 0 Å². The van der Waals surface area contributed by atoms with Gasteiger partial charge in [-0.2, -0.15) is 39.5 Å². The minimum Gasteiger partial charge on any atom is -0.387 e. The van der Waals surface area contributed by atoms with E-state index < -0.39 is 30.9 Å². The van der Waals surface area contributed by atoms with Gasteiger partial charge in [0.25, 0.3) is 5.83 Å². The minimum absolute atomic E-state index is 1.73. The molecule has 0 rings (SSSR count). The molecule has 10 heteroatoms. The molecule has 0 saturated heterocycles. The Morgan fingerprint density at radius 2 is 1.13 bits per heavy atom. The molecule has 92 valence electrons. The van der Waals surface area contributed by atoms with Crippen molar-refractivity contribution in [1.82, 2.24) is 0 Å². The first-order chi connectivity index (χ1) is 6.41. The number of rotatable bonds is 0. The number of alkyl halides is 6. The topological polar surface area (TPSA) is 20.2 Å². The third kappa shape index (κ3) is 11.0. The first kappa shape index (κ1) is 16.5. The predicted octanol–water partition coefficient (Wildman–Crippen LogP) is 3.17. The first-order valence-electron chi connectivity index (χ1n) is 2.87. The van der Waals surface area contributed by atoms with Crippen molar-refractivity contribution in [3.63, 3.8) is 0 Å². The van der Waals surface area contributed by atoms with E-state index in [1.54, 1.807) is 0 Å². The molecular formula is C5H3F9O. The molecule has 0 atom stereocenters. The summed E-state index contributed by atoms with van der Waals surface area (Å²) < 4.78 is 96.4. The molecule has 0 amide bonds. The van der Waals surface area contributed by atoms with Crippen molar-refractivity contribution in [3.8, 4) is 0 Å². The van der Waals surface area contributed by atoms with Gasteiger partial charge in [-0.15, -0.1) is 0 Å². The van der Waals surface area contributed by atoms with Crippen LogP contribution in [-0.4, -0.2) is 24.1 Å². The number of hydrogen-bond donors (Lipinski definition) is 1. The Balaban J connectivity index is 0. The first-order valence-corrected chi connectivity index (χ1v) is 2.87. The largest absolute Gasteiger partial charge is 0.448 e. The van der Waals surface area contributed by atoms with Crippen LogP contribution in [0.25, 0.3) is 0 Å². The van der Waals surface area contributed by atoms with Crippen molar-refractivity contribution in [2.75, 3.05) is 6.61 Å². The van der Waals surface area contributed by atoms with Crippen LogP contribution in [0.5, 0.6) is 0 Å². The number of halogens is 9. The molecule has 0 spiro atoms. The second-order valence-corrected chi connectivity index (χ2v) is 1.85. The van der Waals surface area contributed by atoms with Crippen molar-refractivity contribution in [2.24, 2.45) is 0 Å². The number of aliphatic hydroxyl groups is 1. The highest BCUT2D eigenvalue weighted by Crippen LogP contribution is 2.29. The fourth-order valence-electron chi connectivity index (χ4n) is 0.107. The molecule has 0 heterocycles. The SMILES string of the molecule is FC(F)=C(F)C(F)(F)F.OCC(F)(F)F. The lowest BCUT2D eigenvalue weighted by atomic mass is 10.6. The van der Waals surface area contributed by atoms with Gasteiger partial charge < -0.3 is 5.11 Å². The van der Waals surface area contributed by atoms with Gasteiger partial charge in [0.15, 0.2) is 0 Å². The quantitative estimate of drug-likeness (QED) is 0.654. The van der Waals surface area contributed by atoms with E-state index in [0.29, 0.717) is 0 Å². The highest BCUT2D eigenvalue weighted by molar-refractivity contribution is 4.98. The zero-order valence-corrected chi connectivity index (χ0v) is 6.56. The van der Waals surface area contributed by atoms with E-state index in [4.69, 9.17) is 5.11 Å². The summed E-state index contributed by atoms with van der Waals surface area (Å²) in [5, 5.41) is 7.28. The molecule has 0 aliphatic heterocycles. The van der Waals surface area contributed by atoms with E-state index in [0.717, 1.165) is 0 Å². The molecule has 15 heavy (non-hydrogen) atoms. The summed E-state index contributed by atoms with van der Waals surface area (Å²) in [6.07, 6.45) is -13.3. The van der Waals surface area contributed by atoms with Crippen molar-refractivity contribution in [3.05, 3.63) is 11.9 Å². The van der Waals surface area contributed by atoms with Crippen LogP contribution in [0.2, 0.25) is 0 Å². The minimum atomic E-state index is -5.56. The third-order valence-corrected chi connectivity index (χ3v) is 0.594. The van der Waals surface area contributed by atoms with Crippen LogP contribution in [0.1, 0.15) is 0 Å². The highest BCUT2D eigenvalue weighted by atomic mass is 19.4. The molecule has 0 aliphatic rings. The average molecular weight is 250 g/mol. The van der Waals surface area contributed by atoms with E-state index in [1.165, 1.54) is 0 Å². The maximum atomic E-state index is 11.0. The van der Waals surface area contributed by atoms with Gasteiger partial charge in [-0.25, -0.2) is 0 Å².